The number of thioether (sulfide) groups is 1. The lowest BCUT2D eigenvalue weighted by Gasteiger charge is -2.12. The van der Waals surface area contributed by atoms with Gasteiger partial charge in [-0.05, 0) is 26.2 Å². The number of amides is 1. The zero-order valence-corrected chi connectivity index (χ0v) is 12.1. The number of hydrogen-bond donors (Lipinski definition) is 2. The minimum Gasteiger partial charge on any atom is -0.353 e. The molecular formula is C12H20N4O2S. The van der Waals surface area contributed by atoms with Crippen LogP contribution in [0.5, 0.6) is 0 Å². The van der Waals surface area contributed by atoms with Crippen LogP contribution in [-0.4, -0.2) is 32.5 Å². The van der Waals surface area contributed by atoms with Gasteiger partial charge in [0.05, 0.1) is 5.75 Å². The average molecular weight is 284 g/mol. The highest BCUT2D eigenvalue weighted by atomic mass is 32.2. The summed E-state index contributed by atoms with van der Waals surface area (Å²) in [6.07, 6.45) is 4.07. The summed E-state index contributed by atoms with van der Waals surface area (Å²) in [6.45, 7) is 4.09. The summed E-state index contributed by atoms with van der Waals surface area (Å²) >= 11 is 1.31. The number of aromatic amines is 1. The Morgan fingerprint density at radius 3 is 3.00 bits per heavy atom. The Balaban J connectivity index is 1.85. The molecular weight excluding hydrogens is 264 g/mol. The first-order chi connectivity index (χ1) is 9.11. The van der Waals surface area contributed by atoms with Gasteiger partial charge in [0.25, 0.3) is 0 Å². The molecule has 1 aliphatic carbocycles. The normalized spacial score (nSPS) is 16.3. The van der Waals surface area contributed by atoms with Crippen molar-refractivity contribution in [2.24, 2.45) is 0 Å². The van der Waals surface area contributed by atoms with E-state index in [1.807, 2.05) is 6.92 Å². The molecule has 1 aromatic rings. The molecule has 0 saturated heterocycles. The molecule has 6 nitrogen and oxygen atoms in total. The van der Waals surface area contributed by atoms with E-state index in [4.69, 9.17) is 0 Å². The lowest BCUT2D eigenvalue weighted by molar-refractivity contribution is -0.119. The molecule has 1 saturated carbocycles. The van der Waals surface area contributed by atoms with Crippen LogP contribution in [0, 0.1) is 0 Å². The van der Waals surface area contributed by atoms with Crippen LogP contribution in [0.1, 0.15) is 45.6 Å². The van der Waals surface area contributed by atoms with Crippen molar-refractivity contribution >= 4 is 17.7 Å². The Morgan fingerprint density at radius 1 is 1.63 bits per heavy atom. The van der Waals surface area contributed by atoms with Gasteiger partial charge in [0, 0.05) is 12.1 Å². The number of nitrogens with one attached hydrogen (secondary N) is 2. The van der Waals surface area contributed by atoms with Crippen LogP contribution in [-0.2, 0) is 4.79 Å². The van der Waals surface area contributed by atoms with Crippen molar-refractivity contribution in [3.63, 3.8) is 0 Å². The van der Waals surface area contributed by atoms with Gasteiger partial charge in [-0.3, -0.25) is 9.36 Å². The van der Waals surface area contributed by atoms with E-state index in [1.165, 1.54) is 11.8 Å². The maximum atomic E-state index is 11.7. The van der Waals surface area contributed by atoms with Crippen LogP contribution in [0.25, 0.3) is 0 Å². The predicted octanol–water partition coefficient (Wildman–Crippen LogP) is 1.30. The van der Waals surface area contributed by atoms with Gasteiger partial charge in [-0.25, -0.2) is 9.89 Å². The Morgan fingerprint density at radius 2 is 2.37 bits per heavy atom. The van der Waals surface area contributed by atoms with E-state index >= 15 is 0 Å². The Bertz CT molecular complexity index is 492. The number of carbonyl (C=O) groups excluding carboxylic acids is 1. The number of carbonyl (C=O) groups is 1. The molecule has 1 aromatic heterocycles. The van der Waals surface area contributed by atoms with Crippen LogP contribution in [0.15, 0.2) is 9.95 Å². The smallest absolute Gasteiger partial charge is 0.344 e. The quantitative estimate of drug-likeness (QED) is 0.740. The zero-order valence-electron chi connectivity index (χ0n) is 11.3. The number of hydrogen-bond acceptors (Lipinski definition) is 4. The Labute approximate surface area is 116 Å². The van der Waals surface area contributed by atoms with Gasteiger partial charge in [-0.1, -0.05) is 25.1 Å². The highest BCUT2D eigenvalue weighted by molar-refractivity contribution is 7.99. The van der Waals surface area contributed by atoms with E-state index in [0.29, 0.717) is 10.9 Å². The minimum atomic E-state index is -0.176. The van der Waals surface area contributed by atoms with Crippen LogP contribution < -0.4 is 11.0 Å². The van der Waals surface area contributed by atoms with E-state index < -0.39 is 0 Å². The number of aromatic nitrogens is 3. The number of rotatable bonds is 7. The van der Waals surface area contributed by atoms with Gasteiger partial charge >= 0.3 is 5.69 Å². The average Bonchev–Trinajstić information content (AvgIpc) is 3.11. The molecule has 2 N–H and O–H groups in total. The van der Waals surface area contributed by atoms with Gasteiger partial charge in [-0.2, -0.15) is 0 Å². The fraction of sp³-hybridized carbons (Fsp3) is 0.750. The zero-order chi connectivity index (χ0) is 13.8. The molecule has 0 bridgehead atoms. The summed E-state index contributed by atoms with van der Waals surface area (Å²) in [7, 11) is 0. The summed E-state index contributed by atoms with van der Waals surface area (Å²) in [4.78, 5) is 23.3. The van der Waals surface area contributed by atoms with E-state index in [9.17, 15) is 9.59 Å². The van der Waals surface area contributed by atoms with Crippen LogP contribution >= 0.6 is 11.8 Å². The molecule has 2 rings (SSSR count). The first kappa shape index (κ1) is 14.2. The van der Waals surface area contributed by atoms with Crippen LogP contribution in [0.4, 0.5) is 0 Å². The molecule has 1 atom stereocenters. The third-order valence-corrected chi connectivity index (χ3v) is 4.00. The van der Waals surface area contributed by atoms with Crippen molar-refractivity contribution < 1.29 is 4.79 Å². The third kappa shape index (κ3) is 3.86. The van der Waals surface area contributed by atoms with Crippen molar-refractivity contribution in [3.05, 3.63) is 10.5 Å². The second-order valence-corrected chi connectivity index (χ2v) is 5.90. The van der Waals surface area contributed by atoms with Crippen molar-refractivity contribution in [2.75, 3.05) is 5.75 Å². The summed E-state index contributed by atoms with van der Waals surface area (Å²) in [5, 5.41) is 9.97. The molecule has 0 aromatic carbocycles. The van der Waals surface area contributed by atoms with Gasteiger partial charge in [0.2, 0.25) is 5.91 Å². The van der Waals surface area contributed by atoms with Crippen molar-refractivity contribution in [2.45, 2.75) is 56.8 Å². The standard InChI is InChI=1S/C12H20N4O2S/c1-3-4-8(2)13-10(17)7-19-12-15-14-11(18)16(12)9-5-6-9/h8-9H,3-7H2,1-2H3,(H,13,17)(H,14,18). The fourth-order valence-electron chi connectivity index (χ4n) is 2.00. The SMILES string of the molecule is CCCC(C)NC(=O)CSc1n[nH]c(=O)n1C1CC1. The third-order valence-electron chi connectivity index (χ3n) is 3.05. The first-order valence-corrected chi connectivity index (χ1v) is 7.69. The van der Waals surface area contributed by atoms with Crippen molar-refractivity contribution in [3.8, 4) is 0 Å². The fourth-order valence-corrected chi connectivity index (χ4v) is 2.82. The highest BCUT2D eigenvalue weighted by Crippen LogP contribution is 2.35. The molecule has 1 amide bonds. The molecule has 1 fully saturated rings. The Kier molecular flexibility index (Phi) is 4.68. The van der Waals surface area contributed by atoms with E-state index in [-0.39, 0.29) is 23.7 Å². The lowest BCUT2D eigenvalue weighted by atomic mass is 10.2. The monoisotopic (exact) mass is 284 g/mol. The van der Waals surface area contributed by atoms with Gasteiger partial charge in [0.1, 0.15) is 0 Å². The predicted molar refractivity (Wildman–Crippen MR) is 74.4 cm³/mol. The van der Waals surface area contributed by atoms with Crippen molar-refractivity contribution in [1.82, 2.24) is 20.1 Å². The summed E-state index contributed by atoms with van der Waals surface area (Å²) in [6, 6.07) is 0.471. The maximum Gasteiger partial charge on any atom is 0.344 e. The summed E-state index contributed by atoms with van der Waals surface area (Å²) < 4.78 is 1.66. The lowest BCUT2D eigenvalue weighted by Crippen LogP contribution is -2.33. The highest BCUT2D eigenvalue weighted by Gasteiger charge is 2.28. The Hall–Kier alpha value is -1.24. The van der Waals surface area contributed by atoms with E-state index in [0.717, 1.165) is 25.7 Å². The number of H-pyrrole nitrogens is 1. The number of nitrogens with zero attached hydrogens (tertiary/aromatic N) is 2. The second-order valence-electron chi connectivity index (χ2n) is 4.96. The van der Waals surface area contributed by atoms with Crippen LogP contribution in [0.2, 0.25) is 0 Å². The summed E-state index contributed by atoms with van der Waals surface area (Å²) in [5.74, 6) is 0.286. The van der Waals surface area contributed by atoms with Crippen LogP contribution in [0.3, 0.4) is 0 Å². The van der Waals surface area contributed by atoms with Gasteiger partial charge < -0.3 is 5.32 Å². The molecule has 1 aliphatic rings. The molecule has 7 heteroatoms. The molecule has 0 radical (unpaired) electrons. The molecule has 0 aliphatic heterocycles. The van der Waals surface area contributed by atoms with E-state index in [2.05, 4.69) is 22.4 Å². The maximum absolute atomic E-state index is 11.7. The van der Waals surface area contributed by atoms with Gasteiger partial charge in [-0.15, -0.1) is 5.10 Å². The molecule has 1 unspecified atom stereocenters. The van der Waals surface area contributed by atoms with E-state index in [1.54, 1.807) is 4.57 Å². The topological polar surface area (TPSA) is 79.8 Å². The molecule has 0 spiro atoms. The van der Waals surface area contributed by atoms with Crippen molar-refractivity contribution in [1.29, 1.82) is 0 Å². The molecule has 1 heterocycles. The second kappa shape index (κ2) is 6.27. The largest absolute Gasteiger partial charge is 0.353 e. The molecule has 106 valence electrons. The summed E-state index contributed by atoms with van der Waals surface area (Å²) in [5.41, 5.74) is -0.176. The van der Waals surface area contributed by atoms with Gasteiger partial charge in [0.15, 0.2) is 5.16 Å². The molecule has 19 heavy (non-hydrogen) atoms. The minimum absolute atomic E-state index is 0.0104. The first-order valence-electron chi connectivity index (χ1n) is 6.71.